The smallest absolute Gasteiger partial charge is 0.251 e. The molecule has 27 heavy (non-hydrogen) atoms. The molecule has 3 aromatic rings. The van der Waals surface area contributed by atoms with Gasteiger partial charge in [-0.2, -0.15) is 0 Å². The predicted molar refractivity (Wildman–Crippen MR) is 106 cm³/mol. The Bertz CT molecular complexity index is 928. The largest absolute Gasteiger partial charge is 0.459 e. The van der Waals surface area contributed by atoms with Gasteiger partial charge in [0.2, 0.25) is 5.91 Å². The number of carbonyl (C=O) groups is 2. The van der Waals surface area contributed by atoms with E-state index in [1.54, 1.807) is 24.3 Å². The Morgan fingerprint density at radius 3 is 2.59 bits per heavy atom. The zero-order valence-corrected chi connectivity index (χ0v) is 16.1. The van der Waals surface area contributed by atoms with Crippen molar-refractivity contribution in [1.82, 2.24) is 10.3 Å². The van der Waals surface area contributed by atoms with Gasteiger partial charge in [0.15, 0.2) is 10.8 Å². The van der Waals surface area contributed by atoms with E-state index in [0.29, 0.717) is 29.2 Å². The Balaban J connectivity index is 1.56. The number of hydrogen-bond acceptors (Lipinski definition) is 5. The first-order valence-corrected chi connectivity index (χ1v) is 9.62. The molecule has 2 amide bonds. The summed E-state index contributed by atoms with van der Waals surface area (Å²) >= 11 is 1.45. The molecule has 1 aromatic carbocycles. The Labute approximate surface area is 161 Å². The minimum Gasteiger partial charge on any atom is -0.459 e. The lowest BCUT2D eigenvalue weighted by Gasteiger charge is -2.06. The molecule has 0 radical (unpaired) electrons. The molecule has 0 spiro atoms. The summed E-state index contributed by atoms with van der Waals surface area (Å²) in [6.45, 7) is 4.52. The van der Waals surface area contributed by atoms with Crippen molar-refractivity contribution in [3.8, 4) is 10.8 Å². The van der Waals surface area contributed by atoms with E-state index in [0.717, 1.165) is 17.2 Å². The van der Waals surface area contributed by atoms with Crippen LogP contribution in [-0.2, 0) is 11.2 Å². The molecule has 0 unspecified atom stereocenters. The molecule has 2 aromatic heterocycles. The van der Waals surface area contributed by atoms with Crippen molar-refractivity contribution in [2.75, 3.05) is 11.9 Å². The molecule has 0 aliphatic rings. The molecule has 2 heterocycles. The van der Waals surface area contributed by atoms with Crippen LogP contribution in [0.15, 0.2) is 46.2 Å². The lowest BCUT2D eigenvalue weighted by atomic mass is 10.2. The SMILES string of the molecule is CCCNC(=O)c1ccc(NC(=O)Cc2csc(-c3ccc(C)o3)n2)cc1. The first-order chi connectivity index (χ1) is 13.0. The van der Waals surface area contributed by atoms with Crippen LogP contribution >= 0.6 is 11.3 Å². The Morgan fingerprint density at radius 1 is 1.15 bits per heavy atom. The van der Waals surface area contributed by atoms with Crippen LogP contribution in [0.4, 0.5) is 5.69 Å². The van der Waals surface area contributed by atoms with Gasteiger partial charge in [-0.15, -0.1) is 11.3 Å². The molecule has 0 fully saturated rings. The number of nitrogens with zero attached hydrogens (tertiary/aromatic N) is 1. The second-order valence-electron chi connectivity index (χ2n) is 6.11. The molecule has 0 bridgehead atoms. The van der Waals surface area contributed by atoms with Crippen LogP contribution in [0.3, 0.4) is 0 Å². The van der Waals surface area contributed by atoms with Crippen LogP contribution in [0.1, 0.15) is 35.2 Å². The van der Waals surface area contributed by atoms with Crippen molar-refractivity contribution in [3.05, 3.63) is 58.8 Å². The number of carbonyl (C=O) groups excluding carboxylic acids is 2. The maximum absolute atomic E-state index is 12.2. The number of nitrogens with one attached hydrogen (secondary N) is 2. The average Bonchev–Trinajstić information content (AvgIpc) is 3.29. The lowest BCUT2D eigenvalue weighted by Crippen LogP contribution is -2.23. The second kappa shape index (κ2) is 8.64. The summed E-state index contributed by atoms with van der Waals surface area (Å²) < 4.78 is 5.55. The highest BCUT2D eigenvalue weighted by atomic mass is 32.1. The fourth-order valence-corrected chi connectivity index (χ4v) is 3.25. The molecule has 140 valence electrons. The second-order valence-corrected chi connectivity index (χ2v) is 6.97. The molecule has 2 N–H and O–H groups in total. The van der Waals surface area contributed by atoms with Crippen molar-refractivity contribution in [3.63, 3.8) is 0 Å². The molecule has 0 aliphatic carbocycles. The van der Waals surface area contributed by atoms with Crippen LogP contribution in [0, 0.1) is 6.92 Å². The van der Waals surface area contributed by atoms with Crippen molar-refractivity contribution in [2.45, 2.75) is 26.7 Å². The number of thiazole rings is 1. The van der Waals surface area contributed by atoms with Gasteiger partial charge in [-0.1, -0.05) is 6.92 Å². The van der Waals surface area contributed by atoms with E-state index in [9.17, 15) is 9.59 Å². The van der Waals surface area contributed by atoms with Crippen LogP contribution < -0.4 is 10.6 Å². The molecule has 3 rings (SSSR count). The van der Waals surface area contributed by atoms with E-state index in [1.165, 1.54) is 11.3 Å². The standard InChI is InChI=1S/C20H21N3O3S/c1-3-10-21-19(25)14-5-7-15(8-6-14)22-18(24)11-16-12-27-20(23-16)17-9-4-13(2)26-17/h4-9,12H,3,10-11H2,1-2H3,(H,21,25)(H,22,24). The summed E-state index contributed by atoms with van der Waals surface area (Å²) in [5.74, 6) is 1.26. The molecule has 0 saturated carbocycles. The summed E-state index contributed by atoms with van der Waals surface area (Å²) in [7, 11) is 0. The van der Waals surface area contributed by atoms with Crippen molar-refractivity contribution in [1.29, 1.82) is 0 Å². The van der Waals surface area contributed by atoms with E-state index >= 15 is 0 Å². The van der Waals surface area contributed by atoms with Crippen molar-refractivity contribution >= 4 is 28.8 Å². The molecule has 6 nitrogen and oxygen atoms in total. The molecular weight excluding hydrogens is 362 g/mol. The quantitative estimate of drug-likeness (QED) is 0.645. The van der Waals surface area contributed by atoms with Gasteiger partial charge in [0.1, 0.15) is 5.76 Å². The maximum Gasteiger partial charge on any atom is 0.251 e. The fraction of sp³-hybridized carbons (Fsp3) is 0.250. The minimum absolute atomic E-state index is 0.113. The van der Waals surface area contributed by atoms with Crippen LogP contribution in [0.5, 0.6) is 0 Å². The highest BCUT2D eigenvalue weighted by molar-refractivity contribution is 7.13. The molecule has 7 heteroatoms. The zero-order valence-electron chi connectivity index (χ0n) is 15.2. The first-order valence-electron chi connectivity index (χ1n) is 8.74. The summed E-state index contributed by atoms with van der Waals surface area (Å²) in [5, 5.41) is 8.25. The Hall–Kier alpha value is -2.93. The monoisotopic (exact) mass is 383 g/mol. The van der Waals surface area contributed by atoms with Gasteiger partial charge in [-0.05, 0) is 49.7 Å². The Kier molecular flexibility index (Phi) is 6.03. The van der Waals surface area contributed by atoms with E-state index in [2.05, 4.69) is 15.6 Å². The Morgan fingerprint density at radius 2 is 1.93 bits per heavy atom. The van der Waals surface area contributed by atoms with Gasteiger partial charge >= 0.3 is 0 Å². The van der Waals surface area contributed by atoms with Gasteiger partial charge in [0.25, 0.3) is 5.91 Å². The van der Waals surface area contributed by atoms with Crippen molar-refractivity contribution < 1.29 is 14.0 Å². The third kappa shape index (κ3) is 5.04. The topological polar surface area (TPSA) is 84.2 Å². The summed E-state index contributed by atoms with van der Waals surface area (Å²) in [6, 6.07) is 10.6. The average molecular weight is 383 g/mol. The molecular formula is C20H21N3O3S. The summed E-state index contributed by atoms with van der Waals surface area (Å²) in [4.78, 5) is 28.6. The number of furan rings is 1. The van der Waals surface area contributed by atoms with Crippen LogP contribution in [-0.4, -0.2) is 23.3 Å². The molecule has 0 saturated heterocycles. The minimum atomic E-state index is -0.161. The van der Waals surface area contributed by atoms with Gasteiger partial charge < -0.3 is 15.1 Å². The van der Waals surface area contributed by atoms with Crippen LogP contribution in [0.2, 0.25) is 0 Å². The summed E-state index contributed by atoms with van der Waals surface area (Å²) in [6.07, 6.45) is 1.06. The van der Waals surface area contributed by atoms with E-state index in [4.69, 9.17) is 4.42 Å². The number of anilines is 1. The van der Waals surface area contributed by atoms with Crippen molar-refractivity contribution in [2.24, 2.45) is 0 Å². The highest BCUT2D eigenvalue weighted by Gasteiger charge is 2.12. The van der Waals surface area contributed by atoms with Crippen LogP contribution in [0.25, 0.3) is 10.8 Å². The number of amides is 2. The number of benzene rings is 1. The third-order valence-electron chi connectivity index (χ3n) is 3.81. The normalized spacial score (nSPS) is 10.6. The maximum atomic E-state index is 12.2. The van der Waals surface area contributed by atoms with Gasteiger partial charge in [-0.25, -0.2) is 4.98 Å². The highest BCUT2D eigenvalue weighted by Crippen LogP contribution is 2.25. The van der Waals surface area contributed by atoms with Gasteiger partial charge in [0.05, 0.1) is 12.1 Å². The fourth-order valence-electron chi connectivity index (χ4n) is 2.47. The number of aromatic nitrogens is 1. The van der Waals surface area contributed by atoms with Gasteiger partial charge in [0, 0.05) is 23.2 Å². The third-order valence-corrected chi connectivity index (χ3v) is 4.72. The van der Waals surface area contributed by atoms with Gasteiger partial charge in [-0.3, -0.25) is 9.59 Å². The van der Waals surface area contributed by atoms with E-state index in [-0.39, 0.29) is 18.2 Å². The molecule has 0 aliphatic heterocycles. The van der Waals surface area contributed by atoms with E-state index in [1.807, 2.05) is 31.4 Å². The first kappa shape index (κ1) is 18.8. The number of hydrogen-bond donors (Lipinski definition) is 2. The number of rotatable bonds is 7. The lowest BCUT2D eigenvalue weighted by molar-refractivity contribution is -0.115. The zero-order chi connectivity index (χ0) is 19.2. The molecule has 0 atom stereocenters. The number of aryl methyl sites for hydroxylation is 1. The predicted octanol–water partition coefficient (Wildman–Crippen LogP) is 4.03. The van der Waals surface area contributed by atoms with E-state index < -0.39 is 0 Å². The summed E-state index contributed by atoms with van der Waals surface area (Å²) in [5.41, 5.74) is 1.90.